The Morgan fingerprint density at radius 2 is 0.298 bits per heavy atom. The monoisotopic (exact) mass is 1540 g/mol. The minimum Gasteiger partial charge on any atom is -0.308 e. The van der Waals surface area contributed by atoms with Gasteiger partial charge in [0.05, 0.1) is 50.9 Å². The first-order valence-electron chi connectivity index (χ1n) is 41.0. The zero-order chi connectivity index (χ0) is 80.4. The van der Waals surface area contributed by atoms with Gasteiger partial charge in [-0.25, -0.2) is 29.9 Å². The van der Waals surface area contributed by atoms with Gasteiger partial charge in [-0.2, -0.15) is 0 Å². The second-order valence-corrected chi connectivity index (χ2v) is 30.4. The Hall–Kier alpha value is -16.2. The van der Waals surface area contributed by atoms with E-state index in [4.69, 9.17) is 29.9 Å². The van der Waals surface area contributed by atoms with Gasteiger partial charge in [0.2, 0.25) is 0 Å². The Labute approximate surface area is 703 Å². The van der Waals surface area contributed by atoms with Crippen molar-refractivity contribution in [2.24, 2.45) is 0 Å². The molecule has 0 aliphatic heterocycles. The summed E-state index contributed by atoms with van der Waals surface area (Å²) >= 11 is 0. The van der Waals surface area contributed by atoms with Gasteiger partial charge in [0.15, 0.2) is 17.5 Å². The lowest BCUT2D eigenvalue weighted by atomic mass is 9.77. The lowest BCUT2D eigenvalue weighted by molar-refractivity contribution is 1.18. The van der Waals surface area contributed by atoms with Crippen molar-refractivity contribution in [1.82, 2.24) is 34.5 Å². The SMILES string of the molecule is c1ccc(-c2cc(-c3ccccc3)nc(-c3ccc(-c4ccc(-c5c(-c6ccc(-c7ccc(-c8nc(-c9ccccc9)cc(-c9ccccc9)n8)cc7)cc6)c(-c6ccccc6)c(-n6c7ccccc7c7ccccc76)c(-c6ccc(-c7ccc(-c8nc(-c9ccccc9)cc(-c9ccccc9)n8)cc7)cc6)c5-c5ccccc5)cc4)cc3)n2)cc1. The van der Waals surface area contributed by atoms with E-state index < -0.39 is 0 Å². The fraction of sp³-hybridized carbons (Fsp3) is 0. The molecule has 121 heavy (non-hydrogen) atoms. The molecule has 0 aliphatic carbocycles. The highest BCUT2D eigenvalue weighted by atomic mass is 15.0. The van der Waals surface area contributed by atoms with E-state index in [1.165, 1.54) is 10.8 Å². The molecule has 17 aromatic carbocycles. The second-order valence-electron chi connectivity index (χ2n) is 30.4. The molecule has 4 aromatic heterocycles. The molecule has 0 radical (unpaired) electrons. The zero-order valence-electron chi connectivity index (χ0n) is 65.9. The van der Waals surface area contributed by atoms with Gasteiger partial charge in [0.1, 0.15) is 0 Å². The van der Waals surface area contributed by atoms with E-state index in [2.05, 4.69) is 423 Å². The minimum absolute atomic E-state index is 0.663. The molecule has 4 heterocycles. The van der Waals surface area contributed by atoms with E-state index in [9.17, 15) is 0 Å². The van der Waals surface area contributed by atoms with Crippen molar-refractivity contribution in [3.63, 3.8) is 0 Å². The molecule has 0 aliphatic rings. The number of para-hydroxylation sites is 2. The summed E-state index contributed by atoms with van der Waals surface area (Å²) in [5.74, 6) is 1.99. The highest BCUT2D eigenvalue weighted by Gasteiger charge is 2.32. The topological polar surface area (TPSA) is 82.3 Å². The van der Waals surface area contributed by atoms with Crippen LogP contribution in [-0.4, -0.2) is 34.5 Å². The molecule has 0 spiro atoms. The van der Waals surface area contributed by atoms with Crippen LogP contribution in [0.1, 0.15) is 0 Å². The first-order valence-corrected chi connectivity index (χ1v) is 41.0. The molecule has 0 fully saturated rings. The maximum Gasteiger partial charge on any atom is 0.160 e. The summed E-state index contributed by atoms with van der Waals surface area (Å²) in [6, 6.07) is 162. The molecule has 0 saturated carbocycles. The van der Waals surface area contributed by atoms with E-state index in [0.717, 1.165) is 190 Å². The van der Waals surface area contributed by atoms with Crippen molar-refractivity contribution < 1.29 is 0 Å². The molecule has 566 valence electrons. The maximum absolute atomic E-state index is 5.21. The van der Waals surface area contributed by atoms with E-state index in [-0.39, 0.29) is 0 Å². The Kier molecular flexibility index (Phi) is 19.2. The van der Waals surface area contributed by atoms with Crippen LogP contribution in [-0.2, 0) is 0 Å². The molecule has 7 nitrogen and oxygen atoms in total. The van der Waals surface area contributed by atoms with Crippen molar-refractivity contribution in [3.05, 3.63) is 455 Å². The van der Waals surface area contributed by atoms with E-state index in [1.54, 1.807) is 0 Å². The van der Waals surface area contributed by atoms with E-state index >= 15 is 0 Å². The van der Waals surface area contributed by atoms with Gasteiger partial charge in [-0.1, -0.05) is 425 Å². The van der Waals surface area contributed by atoms with Crippen LogP contribution in [0.4, 0.5) is 0 Å². The average Bonchev–Trinajstić information content (AvgIpc) is 1.66. The van der Waals surface area contributed by atoms with Crippen molar-refractivity contribution >= 4 is 21.8 Å². The molecule has 0 amide bonds. The van der Waals surface area contributed by atoms with Crippen molar-refractivity contribution in [2.45, 2.75) is 0 Å². The third-order valence-electron chi connectivity index (χ3n) is 22.9. The van der Waals surface area contributed by atoms with Crippen LogP contribution in [0.2, 0.25) is 0 Å². The summed E-state index contributed by atoms with van der Waals surface area (Å²) in [4.78, 5) is 31.2. The van der Waals surface area contributed by atoms with Gasteiger partial charge in [0, 0.05) is 83.1 Å². The Morgan fingerprint density at radius 1 is 0.132 bits per heavy atom. The molecule has 21 aromatic rings. The van der Waals surface area contributed by atoms with E-state index in [0.29, 0.717) is 17.5 Å². The number of aromatic nitrogens is 7. The minimum atomic E-state index is 0.663. The first-order chi connectivity index (χ1) is 60.0. The van der Waals surface area contributed by atoms with Crippen LogP contribution in [0.15, 0.2) is 455 Å². The standard InChI is InChI=1S/C114H75N7/c1-9-29-82(30-10-1)98-73-99(83-31-11-2-12-32-83)116-112(115-98)93-67-55-79(56-68-93)76-49-61-90(62-50-76)106-107(88-41-21-7-22-42-88)110(92-65-53-78(54-66-92)81-59-71-95(72-60-81)114-119-102(86-37-17-5-18-38-86)75-103(120-114)87-39-19-6-20-40-87)111(121-104-47-27-25-45-96(104)97-46-26-28-48-105(97)121)109(89-43-23-8-24-44-89)108(106)91-63-51-77(52-64-91)80-57-69-94(70-58-80)113-117-100(84-33-13-3-14-34-84)74-101(118-113)85-35-15-4-16-36-85/h1-75H. The molecule has 21 rings (SSSR count). The van der Waals surface area contributed by atoms with Gasteiger partial charge in [-0.3, -0.25) is 0 Å². The number of benzene rings is 17. The fourth-order valence-electron chi connectivity index (χ4n) is 17.0. The number of hydrogen-bond donors (Lipinski definition) is 0. The summed E-state index contributed by atoms with van der Waals surface area (Å²) in [5, 5.41) is 2.33. The highest BCUT2D eigenvalue weighted by molar-refractivity contribution is 6.16. The van der Waals surface area contributed by atoms with Crippen molar-refractivity contribution in [2.75, 3.05) is 0 Å². The van der Waals surface area contributed by atoms with Crippen LogP contribution in [0.3, 0.4) is 0 Å². The molecule has 0 unspecified atom stereocenters. The predicted molar refractivity (Wildman–Crippen MR) is 500 cm³/mol. The molecule has 7 heteroatoms. The Bertz CT molecular complexity index is 7070. The van der Waals surface area contributed by atoms with Gasteiger partial charge < -0.3 is 4.57 Å². The number of hydrogen-bond acceptors (Lipinski definition) is 6. The number of nitrogens with zero attached hydrogens (tertiary/aromatic N) is 7. The van der Waals surface area contributed by atoms with Crippen LogP contribution in [0.25, 0.3) is 218 Å². The van der Waals surface area contributed by atoms with Gasteiger partial charge in [-0.05, 0) is 97.1 Å². The summed E-state index contributed by atoms with van der Waals surface area (Å²) in [5.41, 5.74) is 34.6. The maximum atomic E-state index is 5.21. The molecule has 0 N–H and O–H groups in total. The van der Waals surface area contributed by atoms with Crippen molar-refractivity contribution in [3.8, 4) is 196 Å². The highest BCUT2D eigenvalue weighted by Crippen LogP contribution is 2.56. The van der Waals surface area contributed by atoms with Gasteiger partial charge in [-0.15, -0.1) is 0 Å². The van der Waals surface area contributed by atoms with Gasteiger partial charge >= 0.3 is 0 Å². The molecule has 0 saturated heterocycles. The Balaban J connectivity index is 0.754. The average molecular weight is 1540 g/mol. The van der Waals surface area contributed by atoms with Crippen LogP contribution in [0, 0.1) is 0 Å². The summed E-state index contributed by atoms with van der Waals surface area (Å²) in [6.07, 6.45) is 0. The Morgan fingerprint density at radius 3 is 0.537 bits per heavy atom. The zero-order valence-corrected chi connectivity index (χ0v) is 65.9. The third kappa shape index (κ3) is 14.3. The predicted octanol–water partition coefficient (Wildman–Crippen LogP) is 29.5. The quantitative estimate of drug-likeness (QED) is 0.0851. The van der Waals surface area contributed by atoms with E-state index in [1.807, 2.05) is 36.4 Å². The molecule has 0 bridgehead atoms. The lowest BCUT2D eigenvalue weighted by Crippen LogP contribution is -2.07. The van der Waals surface area contributed by atoms with Crippen molar-refractivity contribution in [1.29, 1.82) is 0 Å². The third-order valence-corrected chi connectivity index (χ3v) is 22.9. The summed E-state index contributed by atoms with van der Waals surface area (Å²) in [7, 11) is 0. The number of fused-ring (bicyclic) bond motifs is 3. The molecular weight excluding hydrogens is 1470 g/mol. The van der Waals surface area contributed by atoms with Crippen LogP contribution >= 0.6 is 0 Å². The summed E-state index contributed by atoms with van der Waals surface area (Å²) < 4.78 is 2.56. The van der Waals surface area contributed by atoms with Crippen LogP contribution < -0.4 is 0 Å². The molecular formula is C114H75N7. The molecule has 0 atom stereocenters. The largest absolute Gasteiger partial charge is 0.308 e. The normalized spacial score (nSPS) is 11.3. The van der Waals surface area contributed by atoms with Gasteiger partial charge in [0.25, 0.3) is 0 Å². The van der Waals surface area contributed by atoms with Crippen LogP contribution in [0.5, 0.6) is 0 Å². The second kappa shape index (κ2) is 32.1. The smallest absolute Gasteiger partial charge is 0.160 e. The fourth-order valence-corrected chi connectivity index (χ4v) is 17.0. The lowest BCUT2D eigenvalue weighted by Gasteiger charge is -2.29. The first kappa shape index (κ1) is 72.5. The number of rotatable bonds is 18. The summed E-state index contributed by atoms with van der Waals surface area (Å²) in [6.45, 7) is 0.